The van der Waals surface area contributed by atoms with Gasteiger partial charge in [0, 0.05) is 0 Å². The fourth-order valence-corrected chi connectivity index (χ4v) is 2.54. The first-order chi connectivity index (χ1) is 8.65. The predicted molar refractivity (Wildman–Crippen MR) is 65.8 cm³/mol. The second-order valence-electron chi connectivity index (χ2n) is 3.80. The fourth-order valence-electron chi connectivity index (χ4n) is 1.75. The van der Waals surface area contributed by atoms with E-state index in [-0.39, 0.29) is 19.0 Å². The van der Waals surface area contributed by atoms with E-state index in [0.717, 1.165) is 15.1 Å². The highest BCUT2D eigenvalue weighted by molar-refractivity contribution is 7.16. The maximum atomic E-state index is 11.4. The van der Waals surface area contributed by atoms with Gasteiger partial charge in [-0.1, -0.05) is 0 Å². The Morgan fingerprint density at radius 3 is 3.00 bits per heavy atom. The molecule has 0 aromatic carbocycles. The van der Waals surface area contributed by atoms with E-state index in [2.05, 4.69) is 15.3 Å². The molecule has 3 amide bonds. The maximum Gasteiger partial charge on any atom is 0.325 e. The summed E-state index contributed by atoms with van der Waals surface area (Å²) in [7, 11) is 0. The van der Waals surface area contributed by atoms with E-state index in [0.29, 0.717) is 11.6 Å². The van der Waals surface area contributed by atoms with E-state index in [9.17, 15) is 9.59 Å². The summed E-state index contributed by atoms with van der Waals surface area (Å²) in [5, 5.41) is 5.10. The van der Waals surface area contributed by atoms with E-state index < -0.39 is 6.03 Å². The topological polar surface area (TPSA) is 101 Å². The van der Waals surface area contributed by atoms with Crippen molar-refractivity contribution in [3.63, 3.8) is 0 Å². The lowest BCUT2D eigenvalue weighted by atomic mass is 10.3. The van der Waals surface area contributed by atoms with E-state index in [1.54, 1.807) is 0 Å². The van der Waals surface area contributed by atoms with E-state index in [1.807, 2.05) is 11.4 Å². The van der Waals surface area contributed by atoms with Crippen molar-refractivity contribution >= 4 is 39.3 Å². The van der Waals surface area contributed by atoms with Crippen LogP contribution in [0.4, 0.5) is 10.6 Å². The monoisotopic (exact) mass is 263 g/mol. The van der Waals surface area contributed by atoms with Crippen LogP contribution in [-0.2, 0) is 11.3 Å². The van der Waals surface area contributed by atoms with Crippen LogP contribution in [0.2, 0.25) is 0 Å². The molecule has 1 fully saturated rings. The summed E-state index contributed by atoms with van der Waals surface area (Å²) >= 11 is 1.44. The molecule has 2 aromatic heterocycles. The van der Waals surface area contributed by atoms with Crippen LogP contribution in [0.25, 0.3) is 10.2 Å². The number of carbonyl (C=O) groups is 2. The standard InChI is InChI=1S/C10H9N5O2S/c11-8-5-1-2-18-9(5)14-6(13-8)4-15-7(16)3-12-10(15)17/h1-2H,3-4H2,(H,12,17)(H2,11,13,14). The minimum Gasteiger partial charge on any atom is -0.383 e. The Kier molecular flexibility index (Phi) is 2.37. The molecule has 0 bridgehead atoms. The molecule has 1 aliphatic heterocycles. The third-order valence-corrected chi connectivity index (χ3v) is 3.44. The number of imide groups is 1. The third-order valence-electron chi connectivity index (χ3n) is 2.64. The number of thiophene rings is 1. The van der Waals surface area contributed by atoms with Crippen LogP contribution in [0.5, 0.6) is 0 Å². The average Bonchev–Trinajstić information content (AvgIpc) is 2.91. The molecule has 3 heterocycles. The minimum atomic E-state index is -0.423. The zero-order chi connectivity index (χ0) is 12.7. The van der Waals surface area contributed by atoms with Crippen molar-refractivity contribution < 1.29 is 9.59 Å². The first-order valence-electron chi connectivity index (χ1n) is 5.23. The van der Waals surface area contributed by atoms with E-state index in [4.69, 9.17) is 5.73 Å². The number of hydrogen-bond acceptors (Lipinski definition) is 6. The molecular weight excluding hydrogens is 254 g/mol. The number of aromatic nitrogens is 2. The SMILES string of the molecule is Nc1nc(CN2C(=O)CNC2=O)nc2sccc12. The van der Waals surface area contributed by atoms with Gasteiger partial charge < -0.3 is 11.1 Å². The van der Waals surface area contributed by atoms with Gasteiger partial charge in [-0.3, -0.25) is 9.69 Å². The van der Waals surface area contributed by atoms with Crippen molar-refractivity contribution in [2.45, 2.75) is 6.54 Å². The van der Waals surface area contributed by atoms with Crippen molar-refractivity contribution in [3.8, 4) is 0 Å². The summed E-state index contributed by atoms with van der Waals surface area (Å²) in [5.41, 5.74) is 5.80. The van der Waals surface area contributed by atoms with Gasteiger partial charge in [0.1, 0.15) is 10.6 Å². The molecule has 8 heteroatoms. The second kappa shape index (κ2) is 3.91. The molecule has 3 rings (SSSR count). The van der Waals surface area contributed by atoms with Gasteiger partial charge in [0.05, 0.1) is 18.5 Å². The summed E-state index contributed by atoms with van der Waals surface area (Å²) in [5.74, 6) is 0.449. The van der Waals surface area contributed by atoms with Gasteiger partial charge >= 0.3 is 6.03 Å². The van der Waals surface area contributed by atoms with Gasteiger partial charge in [-0.25, -0.2) is 14.8 Å². The highest BCUT2D eigenvalue weighted by Crippen LogP contribution is 2.23. The number of rotatable bonds is 2. The molecule has 0 atom stereocenters. The predicted octanol–water partition coefficient (Wildman–Crippen LogP) is 0.325. The number of nitrogens with two attached hydrogens (primary N) is 1. The number of carbonyl (C=O) groups excluding carboxylic acids is 2. The molecule has 0 aliphatic carbocycles. The largest absolute Gasteiger partial charge is 0.383 e. The molecule has 0 unspecified atom stereocenters. The van der Waals surface area contributed by atoms with Crippen LogP contribution >= 0.6 is 11.3 Å². The van der Waals surface area contributed by atoms with Crippen LogP contribution in [0.1, 0.15) is 5.82 Å². The van der Waals surface area contributed by atoms with Gasteiger partial charge in [-0.05, 0) is 11.4 Å². The summed E-state index contributed by atoms with van der Waals surface area (Å²) in [6.07, 6.45) is 0. The Balaban J connectivity index is 1.95. The van der Waals surface area contributed by atoms with Crippen molar-refractivity contribution in [3.05, 3.63) is 17.3 Å². The van der Waals surface area contributed by atoms with Gasteiger partial charge in [0.25, 0.3) is 0 Å². The Hall–Kier alpha value is -2.22. The van der Waals surface area contributed by atoms with Gasteiger partial charge in [0.15, 0.2) is 5.82 Å². The fraction of sp³-hybridized carbons (Fsp3) is 0.200. The molecule has 18 heavy (non-hydrogen) atoms. The molecule has 92 valence electrons. The Bertz CT molecular complexity index is 637. The van der Waals surface area contributed by atoms with Crippen LogP contribution in [0, 0.1) is 0 Å². The number of nitrogens with zero attached hydrogens (tertiary/aromatic N) is 3. The molecule has 0 radical (unpaired) electrons. The summed E-state index contributed by atoms with van der Waals surface area (Å²) < 4.78 is 0. The van der Waals surface area contributed by atoms with Crippen molar-refractivity contribution in [1.29, 1.82) is 0 Å². The lowest BCUT2D eigenvalue weighted by molar-refractivity contribution is -0.125. The highest BCUT2D eigenvalue weighted by Gasteiger charge is 2.29. The van der Waals surface area contributed by atoms with Gasteiger partial charge in [-0.15, -0.1) is 11.3 Å². The van der Waals surface area contributed by atoms with Crippen LogP contribution in [0.15, 0.2) is 11.4 Å². The smallest absolute Gasteiger partial charge is 0.325 e. The minimum absolute atomic E-state index is 0.0234. The number of fused-ring (bicyclic) bond motifs is 1. The number of nitrogen functional groups attached to an aromatic ring is 1. The highest BCUT2D eigenvalue weighted by atomic mass is 32.1. The summed E-state index contributed by atoms with van der Waals surface area (Å²) in [6, 6.07) is 1.42. The maximum absolute atomic E-state index is 11.4. The Labute approximate surface area is 106 Å². The van der Waals surface area contributed by atoms with E-state index in [1.165, 1.54) is 11.3 Å². The molecule has 0 saturated carbocycles. The number of anilines is 1. The van der Waals surface area contributed by atoms with Crippen LogP contribution < -0.4 is 11.1 Å². The molecule has 7 nitrogen and oxygen atoms in total. The molecule has 3 N–H and O–H groups in total. The van der Waals surface area contributed by atoms with Crippen molar-refractivity contribution in [1.82, 2.24) is 20.2 Å². The number of amides is 3. The lowest BCUT2D eigenvalue weighted by Gasteiger charge is -2.11. The normalized spacial score (nSPS) is 15.4. The molecule has 1 saturated heterocycles. The summed E-state index contributed by atoms with van der Waals surface area (Å²) in [6.45, 7) is 0.0677. The van der Waals surface area contributed by atoms with Crippen LogP contribution in [0.3, 0.4) is 0 Å². The Morgan fingerprint density at radius 2 is 2.28 bits per heavy atom. The molecule has 2 aromatic rings. The molecule has 1 aliphatic rings. The number of hydrogen-bond donors (Lipinski definition) is 2. The van der Waals surface area contributed by atoms with Crippen molar-refractivity contribution in [2.75, 3.05) is 12.3 Å². The zero-order valence-corrected chi connectivity index (χ0v) is 10.0. The number of urea groups is 1. The average molecular weight is 263 g/mol. The quantitative estimate of drug-likeness (QED) is 0.760. The summed E-state index contributed by atoms with van der Waals surface area (Å²) in [4.78, 5) is 33.1. The van der Waals surface area contributed by atoms with Gasteiger partial charge in [0.2, 0.25) is 5.91 Å². The second-order valence-corrected chi connectivity index (χ2v) is 4.70. The Morgan fingerprint density at radius 1 is 1.44 bits per heavy atom. The van der Waals surface area contributed by atoms with Crippen LogP contribution in [-0.4, -0.2) is 33.4 Å². The zero-order valence-electron chi connectivity index (χ0n) is 9.21. The van der Waals surface area contributed by atoms with Gasteiger partial charge in [-0.2, -0.15) is 0 Å². The van der Waals surface area contributed by atoms with Crippen molar-refractivity contribution in [2.24, 2.45) is 0 Å². The first kappa shape index (κ1) is 10.9. The first-order valence-corrected chi connectivity index (χ1v) is 6.11. The third kappa shape index (κ3) is 1.66. The molecular formula is C10H9N5O2S. The lowest BCUT2D eigenvalue weighted by Crippen LogP contribution is -2.31. The number of nitrogens with one attached hydrogen (secondary N) is 1. The molecule has 0 spiro atoms. The van der Waals surface area contributed by atoms with E-state index >= 15 is 0 Å².